The molecule has 0 amide bonds. The summed E-state index contributed by atoms with van der Waals surface area (Å²) in [5.41, 5.74) is 2.50. The van der Waals surface area contributed by atoms with Crippen LogP contribution < -0.4 is 0 Å². The molecule has 0 bridgehead atoms. The monoisotopic (exact) mass is 252 g/mol. The fraction of sp³-hybridized carbons (Fsp3) is 0.250. The molecular formula is C16H16N2O. The van der Waals surface area contributed by atoms with Gasteiger partial charge in [-0.2, -0.15) is 0 Å². The van der Waals surface area contributed by atoms with Crippen molar-refractivity contribution in [2.24, 2.45) is 4.99 Å². The van der Waals surface area contributed by atoms with Gasteiger partial charge in [-0.05, 0) is 29.7 Å². The molecule has 0 saturated carbocycles. The van der Waals surface area contributed by atoms with Gasteiger partial charge in [0, 0.05) is 18.8 Å². The van der Waals surface area contributed by atoms with E-state index in [2.05, 4.69) is 22.1 Å². The second-order valence-electron chi connectivity index (χ2n) is 4.71. The summed E-state index contributed by atoms with van der Waals surface area (Å²) in [5.74, 6) is 0.852. The van der Waals surface area contributed by atoms with Crippen molar-refractivity contribution in [3.05, 3.63) is 66.0 Å². The minimum Gasteiger partial charge on any atom is -0.478 e. The summed E-state index contributed by atoms with van der Waals surface area (Å²) in [6.45, 7) is 0.685. The van der Waals surface area contributed by atoms with Crippen LogP contribution in [0.3, 0.4) is 0 Å². The molecular weight excluding hydrogens is 236 g/mol. The third kappa shape index (κ3) is 3.19. The number of aliphatic imine (C=N–C) groups is 1. The fourth-order valence-corrected chi connectivity index (χ4v) is 2.23. The normalized spacial score (nSPS) is 17.9. The van der Waals surface area contributed by atoms with Crippen molar-refractivity contribution >= 4 is 5.90 Å². The molecule has 0 aliphatic carbocycles. The predicted octanol–water partition coefficient (Wildman–Crippen LogP) is 2.66. The highest BCUT2D eigenvalue weighted by atomic mass is 16.5. The summed E-state index contributed by atoms with van der Waals surface area (Å²) >= 11 is 0. The Bertz CT molecular complexity index is 551. The van der Waals surface area contributed by atoms with Crippen molar-refractivity contribution in [3.63, 3.8) is 0 Å². The smallest absolute Gasteiger partial charge is 0.188 e. The van der Waals surface area contributed by atoms with Gasteiger partial charge < -0.3 is 4.74 Å². The van der Waals surface area contributed by atoms with E-state index < -0.39 is 0 Å². The van der Waals surface area contributed by atoms with Crippen LogP contribution in [0.25, 0.3) is 0 Å². The maximum absolute atomic E-state index is 5.68. The Kier molecular flexibility index (Phi) is 3.54. The number of pyridine rings is 1. The van der Waals surface area contributed by atoms with E-state index in [1.807, 2.05) is 42.7 Å². The van der Waals surface area contributed by atoms with Gasteiger partial charge in [-0.1, -0.05) is 30.3 Å². The van der Waals surface area contributed by atoms with Crippen molar-refractivity contribution in [1.82, 2.24) is 4.98 Å². The average Bonchev–Trinajstić information content (AvgIpc) is 2.88. The van der Waals surface area contributed by atoms with E-state index in [-0.39, 0.29) is 6.04 Å². The zero-order valence-electron chi connectivity index (χ0n) is 10.7. The summed E-state index contributed by atoms with van der Waals surface area (Å²) < 4.78 is 5.68. The molecule has 0 radical (unpaired) electrons. The van der Waals surface area contributed by atoms with Gasteiger partial charge in [-0.25, -0.2) is 4.99 Å². The first-order valence-corrected chi connectivity index (χ1v) is 6.52. The third-order valence-electron chi connectivity index (χ3n) is 3.19. The summed E-state index contributed by atoms with van der Waals surface area (Å²) in [6, 6.07) is 14.6. The topological polar surface area (TPSA) is 34.5 Å². The fourth-order valence-electron chi connectivity index (χ4n) is 2.23. The van der Waals surface area contributed by atoms with Crippen LogP contribution in [-0.2, 0) is 17.6 Å². The highest BCUT2D eigenvalue weighted by molar-refractivity contribution is 5.80. The Morgan fingerprint density at radius 3 is 2.58 bits per heavy atom. The SMILES string of the molecule is c1ccc(CC2=NC(Cc3ccncc3)CO2)cc1. The molecule has 0 fully saturated rings. The number of nitrogens with zero attached hydrogens (tertiary/aromatic N) is 2. The first kappa shape index (κ1) is 11.9. The van der Waals surface area contributed by atoms with Gasteiger partial charge in [0.25, 0.3) is 0 Å². The zero-order valence-corrected chi connectivity index (χ0v) is 10.7. The van der Waals surface area contributed by atoms with Crippen LogP contribution in [0.2, 0.25) is 0 Å². The predicted molar refractivity (Wildman–Crippen MR) is 75.3 cm³/mol. The van der Waals surface area contributed by atoms with Crippen LogP contribution in [0, 0.1) is 0 Å². The van der Waals surface area contributed by atoms with E-state index in [4.69, 9.17) is 4.74 Å². The van der Waals surface area contributed by atoms with Crippen molar-refractivity contribution in [3.8, 4) is 0 Å². The number of aromatic nitrogens is 1. The number of ether oxygens (including phenoxy) is 1. The maximum Gasteiger partial charge on any atom is 0.188 e. The molecule has 0 spiro atoms. The lowest BCUT2D eigenvalue weighted by Gasteiger charge is -2.03. The molecule has 3 nitrogen and oxygen atoms in total. The van der Waals surface area contributed by atoms with Crippen LogP contribution in [0.1, 0.15) is 11.1 Å². The molecule has 0 N–H and O–H groups in total. The summed E-state index contributed by atoms with van der Waals surface area (Å²) in [5, 5.41) is 0. The van der Waals surface area contributed by atoms with Crippen LogP contribution in [0.15, 0.2) is 59.9 Å². The Balaban J connectivity index is 1.62. The molecule has 2 heterocycles. The Morgan fingerprint density at radius 1 is 1.00 bits per heavy atom. The van der Waals surface area contributed by atoms with Crippen molar-refractivity contribution in [1.29, 1.82) is 0 Å². The lowest BCUT2D eigenvalue weighted by atomic mass is 10.1. The van der Waals surface area contributed by atoms with Crippen molar-refractivity contribution < 1.29 is 4.74 Å². The first-order chi connectivity index (χ1) is 9.40. The lowest BCUT2D eigenvalue weighted by Crippen LogP contribution is -2.09. The van der Waals surface area contributed by atoms with Crippen molar-refractivity contribution in [2.75, 3.05) is 6.61 Å². The maximum atomic E-state index is 5.68. The number of hydrogen-bond acceptors (Lipinski definition) is 3. The second-order valence-corrected chi connectivity index (χ2v) is 4.71. The molecule has 1 aliphatic rings. The molecule has 1 atom stereocenters. The molecule has 3 rings (SSSR count). The van der Waals surface area contributed by atoms with Gasteiger partial charge in [-0.3, -0.25) is 4.98 Å². The van der Waals surface area contributed by atoms with Gasteiger partial charge in [0.2, 0.25) is 0 Å². The van der Waals surface area contributed by atoms with Crippen LogP contribution in [0.4, 0.5) is 0 Å². The van der Waals surface area contributed by atoms with Gasteiger partial charge >= 0.3 is 0 Å². The Morgan fingerprint density at radius 2 is 1.79 bits per heavy atom. The molecule has 96 valence electrons. The van der Waals surface area contributed by atoms with Gasteiger partial charge in [0.1, 0.15) is 6.61 Å². The summed E-state index contributed by atoms with van der Waals surface area (Å²) in [7, 11) is 0. The lowest BCUT2D eigenvalue weighted by molar-refractivity contribution is 0.311. The Hall–Kier alpha value is -2.16. The van der Waals surface area contributed by atoms with E-state index in [0.29, 0.717) is 6.61 Å². The summed E-state index contributed by atoms with van der Waals surface area (Å²) in [6.07, 6.45) is 5.34. The quantitative estimate of drug-likeness (QED) is 0.838. The van der Waals surface area contributed by atoms with E-state index in [9.17, 15) is 0 Å². The molecule has 1 aliphatic heterocycles. The minimum absolute atomic E-state index is 0.237. The van der Waals surface area contributed by atoms with E-state index in [0.717, 1.165) is 18.7 Å². The van der Waals surface area contributed by atoms with Gasteiger partial charge in [0.15, 0.2) is 5.90 Å². The highest BCUT2D eigenvalue weighted by Gasteiger charge is 2.19. The van der Waals surface area contributed by atoms with E-state index in [1.54, 1.807) is 0 Å². The van der Waals surface area contributed by atoms with Crippen LogP contribution in [-0.4, -0.2) is 23.5 Å². The standard InChI is InChI=1S/C16H16N2O/c1-2-4-13(5-3-1)11-16-18-15(12-19-16)10-14-6-8-17-9-7-14/h1-9,15H,10-12H2. The molecule has 1 aromatic heterocycles. The van der Waals surface area contributed by atoms with E-state index >= 15 is 0 Å². The van der Waals surface area contributed by atoms with Gasteiger partial charge in [-0.15, -0.1) is 0 Å². The average molecular weight is 252 g/mol. The highest BCUT2D eigenvalue weighted by Crippen LogP contribution is 2.13. The zero-order chi connectivity index (χ0) is 12.9. The minimum atomic E-state index is 0.237. The van der Waals surface area contributed by atoms with Gasteiger partial charge in [0.05, 0.1) is 6.04 Å². The number of benzene rings is 1. The van der Waals surface area contributed by atoms with Crippen LogP contribution in [0.5, 0.6) is 0 Å². The van der Waals surface area contributed by atoms with E-state index in [1.165, 1.54) is 11.1 Å². The van der Waals surface area contributed by atoms with Crippen LogP contribution >= 0.6 is 0 Å². The molecule has 1 aromatic carbocycles. The first-order valence-electron chi connectivity index (χ1n) is 6.52. The molecule has 3 heteroatoms. The molecule has 1 unspecified atom stereocenters. The number of hydrogen-bond donors (Lipinski definition) is 0. The molecule has 0 saturated heterocycles. The van der Waals surface area contributed by atoms with Crippen molar-refractivity contribution in [2.45, 2.75) is 18.9 Å². The number of rotatable bonds is 4. The molecule has 2 aromatic rings. The second kappa shape index (κ2) is 5.65. The largest absolute Gasteiger partial charge is 0.478 e. The summed E-state index contributed by atoms with van der Waals surface area (Å²) in [4.78, 5) is 8.68. The third-order valence-corrected chi connectivity index (χ3v) is 3.19. The Labute approximate surface area is 113 Å². The molecule has 19 heavy (non-hydrogen) atoms.